The molecule has 4 rings (SSSR count). The molecule has 0 saturated carbocycles. The molecule has 0 radical (unpaired) electrons. The topological polar surface area (TPSA) is 85.8 Å². The van der Waals surface area contributed by atoms with Crippen LogP contribution in [0.5, 0.6) is 0 Å². The van der Waals surface area contributed by atoms with Gasteiger partial charge >= 0.3 is 5.97 Å². The van der Waals surface area contributed by atoms with E-state index in [9.17, 15) is 9.90 Å². The minimum absolute atomic E-state index is 0.278. The average molecular weight is 333 g/mol. The van der Waals surface area contributed by atoms with Crippen molar-refractivity contribution in [3.05, 3.63) is 77.9 Å². The first kappa shape index (κ1) is 15.1. The van der Waals surface area contributed by atoms with Gasteiger partial charge in [0.2, 0.25) is 0 Å². The van der Waals surface area contributed by atoms with E-state index in [4.69, 9.17) is 0 Å². The summed E-state index contributed by atoms with van der Waals surface area (Å²) < 4.78 is 3.66. The molecule has 7 heteroatoms. The highest BCUT2D eigenvalue weighted by Crippen LogP contribution is 2.14. The van der Waals surface area contributed by atoms with Crippen LogP contribution in [-0.4, -0.2) is 35.6 Å². The number of carboxylic acids is 1. The van der Waals surface area contributed by atoms with Gasteiger partial charge in [-0.2, -0.15) is 0 Å². The SMILES string of the molecule is O=C(O)c1ccccc1Cn1cc(Cn2cnc3ccccc32)nn1. The van der Waals surface area contributed by atoms with Crippen LogP contribution in [0, 0.1) is 0 Å². The molecule has 0 amide bonds. The van der Waals surface area contributed by atoms with Crippen molar-refractivity contribution in [1.29, 1.82) is 0 Å². The second-order valence-corrected chi connectivity index (χ2v) is 5.73. The Labute approximate surface area is 143 Å². The Morgan fingerprint density at radius 2 is 1.84 bits per heavy atom. The predicted molar refractivity (Wildman–Crippen MR) is 91.4 cm³/mol. The zero-order valence-corrected chi connectivity index (χ0v) is 13.3. The molecule has 25 heavy (non-hydrogen) atoms. The first-order valence-electron chi connectivity index (χ1n) is 7.81. The molecule has 4 aromatic rings. The second kappa shape index (κ2) is 6.20. The largest absolute Gasteiger partial charge is 0.478 e. The third-order valence-electron chi connectivity index (χ3n) is 4.03. The summed E-state index contributed by atoms with van der Waals surface area (Å²) in [6.45, 7) is 0.918. The summed E-state index contributed by atoms with van der Waals surface area (Å²) in [5, 5.41) is 17.6. The monoisotopic (exact) mass is 333 g/mol. The van der Waals surface area contributed by atoms with Gasteiger partial charge in [0.15, 0.2) is 0 Å². The number of carbonyl (C=O) groups is 1. The lowest BCUT2D eigenvalue weighted by atomic mass is 10.1. The van der Waals surface area contributed by atoms with Crippen molar-refractivity contribution >= 4 is 17.0 Å². The summed E-state index contributed by atoms with van der Waals surface area (Å²) in [5.41, 5.74) is 3.73. The Balaban J connectivity index is 1.56. The van der Waals surface area contributed by atoms with Crippen molar-refractivity contribution in [3.8, 4) is 0 Å². The highest BCUT2D eigenvalue weighted by Gasteiger charge is 2.11. The number of fused-ring (bicyclic) bond motifs is 1. The maximum Gasteiger partial charge on any atom is 0.336 e. The Bertz CT molecular complexity index is 1050. The Hall–Kier alpha value is -3.48. The van der Waals surface area contributed by atoms with Gasteiger partial charge < -0.3 is 9.67 Å². The van der Waals surface area contributed by atoms with Crippen LogP contribution in [-0.2, 0) is 13.1 Å². The van der Waals surface area contributed by atoms with Gasteiger partial charge in [0, 0.05) is 0 Å². The van der Waals surface area contributed by atoms with Crippen molar-refractivity contribution in [1.82, 2.24) is 24.5 Å². The normalized spacial score (nSPS) is 11.0. The van der Waals surface area contributed by atoms with Crippen molar-refractivity contribution in [2.45, 2.75) is 13.1 Å². The standard InChI is InChI=1S/C18H15N5O2/c24-18(25)15-6-2-1-5-13(15)9-23-11-14(20-21-23)10-22-12-19-16-7-3-4-8-17(16)22/h1-8,11-12H,9-10H2,(H,24,25). The summed E-state index contributed by atoms with van der Waals surface area (Å²) in [7, 11) is 0. The number of imidazole rings is 1. The fourth-order valence-electron chi connectivity index (χ4n) is 2.84. The van der Waals surface area contributed by atoms with Crippen LogP contribution in [0.4, 0.5) is 0 Å². The van der Waals surface area contributed by atoms with Crippen molar-refractivity contribution in [2.24, 2.45) is 0 Å². The fraction of sp³-hybridized carbons (Fsp3) is 0.111. The molecule has 0 unspecified atom stereocenters. The van der Waals surface area contributed by atoms with Crippen molar-refractivity contribution in [3.63, 3.8) is 0 Å². The van der Waals surface area contributed by atoms with E-state index in [0.717, 1.165) is 16.7 Å². The van der Waals surface area contributed by atoms with Gasteiger partial charge in [-0.1, -0.05) is 35.5 Å². The quantitative estimate of drug-likeness (QED) is 0.606. The molecule has 0 bridgehead atoms. The molecule has 0 aliphatic carbocycles. The van der Waals surface area contributed by atoms with Gasteiger partial charge in [-0.05, 0) is 23.8 Å². The van der Waals surface area contributed by atoms with Crippen molar-refractivity contribution in [2.75, 3.05) is 0 Å². The number of benzene rings is 2. The summed E-state index contributed by atoms with van der Waals surface area (Å²) in [6.07, 6.45) is 3.61. The molecular formula is C18H15N5O2. The Morgan fingerprint density at radius 1 is 1.04 bits per heavy atom. The molecule has 0 spiro atoms. The lowest BCUT2D eigenvalue weighted by Crippen LogP contribution is -2.07. The number of nitrogens with zero attached hydrogens (tertiary/aromatic N) is 5. The van der Waals surface area contributed by atoms with Crippen LogP contribution in [0.3, 0.4) is 0 Å². The first-order valence-corrected chi connectivity index (χ1v) is 7.81. The molecule has 0 atom stereocenters. The molecular weight excluding hydrogens is 318 g/mol. The van der Waals surface area contributed by atoms with Crippen LogP contribution >= 0.6 is 0 Å². The molecule has 2 aromatic carbocycles. The molecule has 1 N–H and O–H groups in total. The molecule has 2 aromatic heterocycles. The summed E-state index contributed by atoms with van der Waals surface area (Å²) in [5.74, 6) is -0.944. The van der Waals surface area contributed by atoms with Crippen LogP contribution in [0.15, 0.2) is 61.1 Å². The van der Waals surface area contributed by atoms with E-state index < -0.39 is 5.97 Å². The Morgan fingerprint density at radius 3 is 2.72 bits per heavy atom. The van der Waals surface area contributed by atoms with Gasteiger partial charge in [0.25, 0.3) is 0 Å². The highest BCUT2D eigenvalue weighted by molar-refractivity contribution is 5.89. The van der Waals surface area contributed by atoms with Gasteiger partial charge in [0.05, 0.1) is 42.2 Å². The molecule has 0 saturated heterocycles. The van der Waals surface area contributed by atoms with Crippen LogP contribution < -0.4 is 0 Å². The third kappa shape index (κ3) is 2.99. The summed E-state index contributed by atoms with van der Waals surface area (Å²) >= 11 is 0. The zero-order valence-electron chi connectivity index (χ0n) is 13.3. The van der Waals surface area contributed by atoms with E-state index in [1.54, 1.807) is 29.2 Å². The molecule has 124 valence electrons. The summed E-state index contributed by atoms with van der Waals surface area (Å²) in [6, 6.07) is 14.8. The van der Waals surface area contributed by atoms with E-state index in [-0.39, 0.29) is 5.56 Å². The third-order valence-corrected chi connectivity index (χ3v) is 4.03. The fourth-order valence-corrected chi connectivity index (χ4v) is 2.84. The van der Waals surface area contributed by atoms with Gasteiger partial charge in [-0.3, -0.25) is 0 Å². The maximum absolute atomic E-state index is 11.3. The molecule has 0 aliphatic heterocycles. The number of aromatic nitrogens is 5. The number of hydrogen-bond donors (Lipinski definition) is 1. The van der Waals surface area contributed by atoms with E-state index in [1.165, 1.54) is 0 Å². The number of carboxylic acid groups (broad SMARTS) is 1. The predicted octanol–water partition coefficient (Wildman–Crippen LogP) is 2.42. The molecule has 2 heterocycles. The van der Waals surface area contributed by atoms with E-state index >= 15 is 0 Å². The van der Waals surface area contributed by atoms with E-state index in [2.05, 4.69) is 15.3 Å². The zero-order chi connectivity index (χ0) is 17.2. The number of para-hydroxylation sites is 2. The number of hydrogen-bond acceptors (Lipinski definition) is 4. The van der Waals surface area contributed by atoms with E-state index in [0.29, 0.717) is 18.7 Å². The van der Waals surface area contributed by atoms with Crippen LogP contribution in [0.2, 0.25) is 0 Å². The molecule has 7 nitrogen and oxygen atoms in total. The lowest BCUT2D eigenvalue weighted by molar-refractivity contribution is 0.0695. The minimum atomic E-state index is -0.944. The summed E-state index contributed by atoms with van der Waals surface area (Å²) in [4.78, 5) is 15.7. The smallest absolute Gasteiger partial charge is 0.336 e. The van der Waals surface area contributed by atoms with Gasteiger partial charge in [-0.15, -0.1) is 5.10 Å². The first-order chi connectivity index (χ1) is 12.2. The van der Waals surface area contributed by atoms with Crippen LogP contribution in [0.25, 0.3) is 11.0 Å². The second-order valence-electron chi connectivity index (χ2n) is 5.73. The maximum atomic E-state index is 11.3. The molecule has 0 aliphatic rings. The van der Waals surface area contributed by atoms with Crippen LogP contribution in [0.1, 0.15) is 21.6 Å². The number of rotatable bonds is 5. The van der Waals surface area contributed by atoms with Gasteiger partial charge in [-0.25, -0.2) is 14.5 Å². The Kier molecular flexibility index (Phi) is 3.74. The molecule has 0 fully saturated rings. The number of aromatic carboxylic acids is 1. The highest BCUT2D eigenvalue weighted by atomic mass is 16.4. The minimum Gasteiger partial charge on any atom is -0.478 e. The van der Waals surface area contributed by atoms with Gasteiger partial charge in [0.1, 0.15) is 5.69 Å². The lowest BCUT2D eigenvalue weighted by Gasteiger charge is -2.05. The average Bonchev–Trinajstić information content (AvgIpc) is 3.23. The van der Waals surface area contributed by atoms with Crippen molar-refractivity contribution < 1.29 is 9.90 Å². The van der Waals surface area contributed by atoms with E-state index in [1.807, 2.05) is 41.1 Å².